The molecule has 1 aromatic rings. The fourth-order valence-electron chi connectivity index (χ4n) is 1.47. The SMILES string of the molecule is CSC(C)CCNC(=O)Nc1cc(Cl)cc(C(=O)O)c1. The van der Waals surface area contributed by atoms with Gasteiger partial charge >= 0.3 is 12.0 Å². The van der Waals surface area contributed by atoms with Gasteiger partial charge in [-0.05, 0) is 30.9 Å². The van der Waals surface area contributed by atoms with E-state index in [0.717, 1.165) is 6.42 Å². The van der Waals surface area contributed by atoms with Gasteiger partial charge in [0.1, 0.15) is 0 Å². The minimum atomic E-state index is -1.09. The molecular formula is C13H17ClN2O3S. The van der Waals surface area contributed by atoms with Crippen LogP contribution in [-0.2, 0) is 0 Å². The molecule has 110 valence electrons. The highest BCUT2D eigenvalue weighted by molar-refractivity contribution is 7.99. The van der Waals surface area contributed by atoms with Gasteiger partial charge in [0.25, 0.3) is 0 Å². The molecule has 1 rings (SSSR count). The first-order chi connectivity index (χ1) is 9.42. The lowest BCUT2D eigenvalue weighted by Gasteiger charge is -2.11. The van der Waals surface area contributed by atoms with Crippen molar-refractivity contribution in [2.24, 2.45) is 0 Å². The van der Waals surface area contributed by atoms with Crippen molar-refractivity contribution in [3.63, 3.8) is 0 Å². The Morgan fingerprint density at radius 2 is 2.10 bits per heavy atom. The second-order valence-corrected chi connectivity index (χ2v) is 5.96. The van der Waals surface area contributed by atoms with Crippen LogP contribution in [0.15, 0.2) is 18.2 Å². The summed E-state index contributed by atoms with van der Waals surface area (Å²) in [6, 6.07) is 3.81. The number of rotatable bonds is 6. The molecule has 7 heteroatoms. The molecule has 20 heavy (non-hydrogen) atoms. The molecule has 0 saturated heterocycles. The number of carboxylic acid groups (broad SMARTS) is 1. The summed E-state index contributed by atoms with van der Waals surface area (Å²) in [5.74, 6) is -1.09. The van der Waals surface area contributed by atoms with Crippen LogP contribution in [-0.4, -0.2) is 35.2 Å². The topological polar surface area (TPSA) is 78.4 Å². The fourth-order valence-corrected chi connectivity index (χ4v) is 2.06. The highest BCUT2D eigenvalue weighted by Crippen LogP contribution is 2.19. The van der Waals surface area contributed by atoms with E-state index in [0.29, 0.717) is 17.5 Å². The van der Waals surface area contributed by atoms with Crippen LogP contribution in [0.4, 0.5) is 10.5 Å². The van der Waals surface area contributed by atoms with Gasteiger partial charge in [0.05, 0.1) is 5.56 Å². The number of aromatic carboxylic acids is 1. The quantitative estimate of drug-likeness (QED) is 0.752. The summed E-state index contributed by atoms with van der Waals surface area (Å²) in [5, 5.41) is 14.9. The van der Waals surface area contributed by atoms with Crippen LogP contribution in [0.1, 0.15) is 23.7 Å². The number of halogens is 1. The lowest BCUT2D eigenvalue weighted by atomic mass is 10.2. The molecule has 0 bridgehead atoms. The predicted molar refractivity (Wildman–Crippen MR) is 83.0 cm³/mol. The van der Waals surface area contributed by atoms with E-state index in [1.165, 1.54) is 18.2 Å². The smallest absolute Gasteiger partial charge is 0.335 e. The Hall–Kier alpha value is -1.40. The average Bonchev–Trinajstić information content (AvgIpc) is 2.37. The van der Waals surface area contributed by atoms with E-state index in [1.54, 1.807) is 11.8 Å². The number of hydrogen-bond acceptors (Lipinski definition) is 3. The summed E-state index contributed by atoms with van der Waals surface area (Å²) in [5.41, 5.74) is 0.383. The van der Waals surface area contributed by atoms with Crippen LogP contribution in [0.25, 0.3) is 0 Å². The first-order valence-corrected chi connectivity index (χ1v) is 7.70. The van der Waals surface area contributed by atoms with Crippen LogP contribution in [0.3, 0.4) is 0 Å². The first kappa shape index (κ1) is 16.7. The van der Waals surface area contributed by atoms with Gasteiger partial charge in [-0.25, -0.2) is 9.59 Å². The second kappa shape index (κ2) is 8.01. The Morgan fingerprint density at radius 1 is 1.40 bits per heavy atom. The third-order valence-electron chi connectivity index (χ3n) is 2.64. The van der Waals surface area contributed by atoms with Gasteiger partial charge in [0.2, 0.25) is 0 Å². The van der Waals surface area contributed by atoms with Crippen molar-refractivity contribution in [2.45, 2.75) is 18.6 Å². The number of carboxylic acids is 1. The van der Waals surface area contributed by atoms with Gasteiger partial charge in [-0.15, -0.1) is 0 Å². The van der Waals surface area contributed by atoms with Crippen LogP contribution in [0, 0.1) is 0 Å². The molecule has 0 radical (unpaired) electrons. The largest absolute Gasteiger partial charge is 0.478 e. The Kier molecular flexibility index (Phi) is 6.67. The molecule has 0 aliphatic rings. The molecule has 0 heterocycles. The molecule has 0 aliphatic carbocycles. The van der Waals surface area contributed by atoms with E-state index in [2.05, 4.69) is 17.6 Å². The van der Waals surface area contributed by atoms with E-state index in [-0.39, 0.29) is 16.6 Å². The Labute approximate surface area is 127 Å². The number of thioether (sulfide) groups is 1. The Balaban J connectivity index is 2.55. The highest BCUT2D eigenvalue weighted by Gasteiger charge is 2.08. The van der Waals surface area contributed by atoms with Crippen molar-refractivity contribution >= 4 is 41.1 Å². The predicted octanol–water partition coefficient (Wildman–Crippen LogP) is 3.30. The Bertz CT molecular complexity index is 497. The maximum Gasteiger partial charge on any atom is 0.335 e. The first-order valence-electron chi connectivity index (χ1n) is 6.04. The lowest BCUT2D eigenvalue weighted by Crippen LogP contribution is -2.30. The molecule has 2 amide bonds. The maximum atomic E-state index is 11.7. The highest BCUT2D eigenvalue weighted by atomic mass is 35.5. The molecule has 0 fully saturated rings. The van der Waals surface area contributed by atoms with Crippen LogP contribution in [0.2, 0.25) is 5.02 Å². The summed E-state index contributed by atoms with van der Waals surface area (Å²) < 4.78 is 0. The molecule has 5 nitrogen and oxygen atoms in total. The van der Waals surface area contributed by atoms with E-state index in [9.17, 15) is 9.59 Å². The van der Waals surface area contributed by atoms with Gasteiger partial charge in [-0.2, -0.15) is 11.8 Å². The average molecular weight is 317 g/mol. The molecule has 0 saturated carbocycles. The Morgan fingerprint density at radius 3 is 2.70 bits per heavy atom. The normalized spacial score (nSPS) is 11.8. The summed E-state index contributed by atoms with van der Waals surface area (Å²) in [7, 11) is 0. The van der Waals surface area contributed by atoms with Crippen molar-refractivity contribution in [1.29, 1.82) is 0 Å². The molecule has 1 unspecified atom stereocenters. The zero-order valence-corrected chi connectivity index (χ0v) is 12.8. The lowest BCUT2D eigenvalue weighted by molar-refractivity contribution is 0.0697. The van der Waals surface area contributed by atoms with E-state index in [4.69, 9.17) is 16.7 Å². The summed E-state index contributed by atoms with van der Waals surface area (Å²) >= 11 is 7.54. The van der Waals surface area contributed by atoms with Crippen molar-refractivity contribution in [3.8, 4) is 0 Å². The van der Waals surface area contributed by atoms with Gasteiger partial charge in [0, 0.05) is 22.5 Å². The minimum Gasteiger partial charge on any atom is -0.478 e. The van der Waals surface area contributed by atoms with Crippen molar-refractivity contribution in [3.05, 3.63) is 28.8 Å². The molecule has 0 aromatic heterocycles. The number of carbonyl (C=O) groups excluding carboxylic acids is 1. The number of anilines is 1. The summed E-state index contributed by atoms with van der Waals surface area (Å²) in [6.45, 7) is 2.64. The van der Waals surface area contributed by atoms with Crippen molar-refractivity contribution in [1.82, 2.24) is 5.32 Å². The number of urea groups is 1. The summed E-state index contributed by atoms with van der Waals surface area (Å²) in [4.78, 5) is 22.5. The van der Waals surface area contributed by atoms with Crippen LogP contribution < -0.4 is 10.6 Å². The van der Waals surface area contributed by atoms with Crippen molar-refractivity contribution < 1.29 is 14.7 Å². The number of amides is 2. The standard InChI is InChI=1S/C13H17ClN2O3S/c1-8(20-2)3-4-15-13(19)16-11-6-9(12(17)18)5-10(14)7-11/h5-8H,3-4H2,1-2H3,(H,17,18)(H2,15,16,19). The van der Waals surface area contributed by atoms with Gasteiger partial charge < -0.3 is 15.7 Å². The molecule has 3 N–H and O–H groups in total. The zero-order chi connectivity index (χ0) is 15.1. The molecule has 0 spiro atoms. The van der Waals surface area contributed by atoms with Crippen LogP contribution >= 0.6 is 23.4 Å². The van der Waals surface area contributed by atoms with Gasteiger partial charge in [-0.1, -0.05) is 18.5 Å². The second-order valence-electron chi connectivity index (χ2n) is 4.25. The van der Waals surface area contributed by atoms with Crippen molar-refractivity contribution in [2.75, 3.05) is 18.1 Å². The van der Waals surface area contributed by atoms with Crippen LogP contribution in [0.5, 0.6) is 0 Å². The molecule has 1 atom stereocenters. The van der Waals surface area contributed by atoms with E-state index in [1.807, 2.05) is 6.26 Å². The number of nitrogens with one attached hydrogen (secondary N) is 2. The van der Waals surface area contributed by atoms with E-state index >= 15 is 0 Å². The molecule has 0 aliphatic heterocycles. The number of carbonyl (C=O) groups is 2. The third kappa shape index (κ3) is 5.71. The molecular weight excluding hydrogens is 300 g/mol. The zero-order valence-electron chi connectivity index (χ0n) is 11.3. The monoisotopic (exact) mass is 316 g/mol. The third-order valence-corrected chi connectivity index (χ3v) is 3.90. The van der Waals surface area contributed by atoms with Gasteiger partial charge in [0.15, 0.2) is 0 Å². The fraction of sp³-hybridized carbons (Fsp3) is 0.385. The number of hydrogen-bond donors (Lipinski definition) is 3. The number of benzene rings is 1. The van der Waals surface area contributed by atoms with E-state index < -0.39 is 5.97 Å². The maximum absolute atomic E-state index is 11.7. The summed E-state index contributed by atoms with van der Waals surface area (Å²) in [6.07, 6.45) is 2.88. The van der Waals surface area contributed by atoms with Gasteiger partial charge in [-0.3, -0.25) is 0 Å². The molecule has 1 aromatic carbocycles. The minimum absolute atomic E-state index is 0.0313.